The van der Waals surface area contributed by atoms with E-state index < -0.39 is 0 Å². The van der Waals surface area contributed by atoms with Gasteiger partial charge in [-0.05, 0) is 31.5 Å². The number of hydrogen-bond donors (Lipinski definition) is 1. The second kappa shape index (κ2) is 5.51. The van der Waals surface area contributed by atoms with E-state index in [0.717, 1.165) is 18.7 Å². The van der Waals surface area contributed by atoms with Gasteiger partial charge in [0.2, 0.25) is 5.91 Å². The maximum Gasteiger partial charge on any atom is 0.255 e. The van der Waals surface area contributed by atoms with Crippen LogP contribution >= 0.6 is 0 Å². The first-order chi connectivity index (χ1) is 11.6. The van der Waals surface area contributed by atoms with Crippen LogP contribution in [0.2, 0.25) is 0 Å². The van der Waals surface area contributed by atoms with E-state index >= 15 is 0 Å². The van der Waals surface area contributed by atoms with E-state index in [1.165, 1.54) is 5.56 Å². The third-order valence-corrected chi connectivity index (χ3v) is 5.24. The molecule has 0 saturated carbocycles. The Morgan fingerprint density at radius 1 is 1.17 bits per heavy atom. The van der Waals surface area contributed by atoms with Gasteiger partial charge in [-0.3, -0.25) is 9.59 Å². The molecule has 4 rings (SSSR count). The van der Waals surface area contributed by atoms with Crippen molar-refractivity contribution in [3.63, 3.8) is 0 Å². The molecular weight excluding hydrogens is 302 g/mol. The van der Waals surface area contributed by atoms with Crippen LogP contribution in [0.15, 0.2) is 42.7 Å². The van der Waals surface area contributed by atoms with Crippen molar-refractivity contribution >= 4 is 17.5 Å². The summed E-state index contributed by atoms with van der Waals surface area (Å²) >= 11 is 0. The number of aryl methyl sites for hydroxylation is 1. The number of likely N-dealkylation sites (tertiary alicyclic amines) is 1. The average molecular weight is 323 g/mol. The Morgan fingerprint density at radius 3 is 2.67 bits per heavy atom. The van der Waals surface area contributed by atoms with Gasteiger partial charge in [-0.15, -0.1) is 0 Å². The molecule has 2 aromatic rings. The number of benzene rings is 1. The van der Waals surface area contributed by atoms with Crippen molar-refractivity contribution in [1.82, 2.24) is 9.88 Å². The molecule has 24 heavy (non-hydrogen) atoms. The van der Waals surface area contributed by atoms with Crippen LogP contribution in [-0.4, -0.2) is 41.3 Å². The van der Waals surface area contributed by atoms with E-state index in [9.17, 15) is 9.59 Å². The second-order valence-corrected chi connectivity index (χ2v) is 7.07. The predicted molar refractivity (Wildman–Crippen MR) is 91.9 cm³/mol. The Balaban J connectivity index is 1.50. The minimum absolute atomic E-state index is 0.0503. The summed E-state index contributed by atoms with van der Waals surface area (Å²) < 4.78 is 0. The third kappa shape index (κ3) is 2.50. The van der Waals surface area contributed by atoms with Gasteiger partial charge in [-0.1, -0.05) is 17.7 Å². The van der Waals surface area contributed by atoms with Crippen LogP contribution in [0.5, 0.6) is 0 Å². The van der Waals surface area contributed by atoms with Crippen LogP contribution in [-0.2, 0) is 4.79 Å². The highest BCUT2D eigenvalue weighted by Crippen LogP contribution is 2.42. The highest BCUT2D eigenvalue weighted by atomic mass is 16.2. The first-order valence-electron chi connectivity index (χ1n) is 8.35. The maximum absolute atomic E-state index is 12.5. The number of rotatable bonds is 2. The van der Waals surface area contributed by atoms with Gasteiger partial charge >= 0.3 is 0 Å². The van der Waals surface area contributed by atoms with Gasteiger partial charge in [0, 0.05) is 49.6 Å². The molecule has 1 aromatic carbocycles. The lowest BCUT2D eigenvalue weighted by Crippen LogP contribution is -2.34. The Hall–Kier alpha value is -2.56. The summed E-state index contributed by atoms with van der Waals surface area (Å²) in [5.41, 5.74) is 2.72. The zero-order chi connectivity index (χ0) is 16.7. The molecular formula is C19H21N3O2. The predicted octanol–water partition coefficient (Wildman–Crippen LogP) is 2.59. The van der Waals surface area contributed by atoms with E-state index in [2.05, 4.69) is 4.98 Å². The topological polar surface area (TPSA) is 56.4 Å². The van der Waals surface area contributed by atoms with Crippen molar-refractivity contribution in [3.8, 4) is 0 Å². The summed E-state index contributed by atoms with van der Waals surface area (Å²) in [7, 11) is 0. The van der Waals surface area contributed by atoms with Gasteiger partial charge < -0.3 is 14.8 Å². The molecule has 1 atom stereocenters. The number of H-pyrrole nitrogens is 1. The van der Waals surface area contributed by atoms with Gasteiger partial charge in [-0.25, -0.2) is 0 Å². The van der Waals surface area contributed by atoms with Crippen molar-refractivity contribution < 1.29 is 9.59 Å². The largest absolute Gasteiger partial charge is 0.367 e. The van der Waals surface area contributed by atoms with E-state index in [4.69, 9.17) is 0 Å². The first kappa shape index (κ1) is 15.0. The van der Waals surface area contributed by atoms with Crippen molar-refractivity contribution in [2.45, 2.75) is 19.8 Å². The van der Waals surface area contributed by atoms with Crippen LogP contribution in [0.3, 0.4) is 0 Å². The Morgan fingerprint density at radius 2 is 1.96 bits per heavy atom. The zero-order valence-corrected chi connectivity index (χ0v) is 13.8. The van der Waals surface area contributed by atoms with E-state index in [1.54, 1.807) is 18.5 Å². The molecule has 2 amide bonds. The molecule has 5 heteroatoms. The molecule has 1 unspecified atom stereocenters. The minimum Gasteiger partial charge on any atom is -0.367 e. The molecule has 3 heterocycles. The summed E-state index contributed by atoms with van der Waals surface area (Å²) in [6.45, 7) is 4.12. The van der Waals surface area contributed by atoms with Gasteiger partial charge in [0.05, 0.1) is 5.56 Å². The average Bonchev–Trinajstić information content (AvgIpc) is 3.29. The minimum atomic E-state index is -0.103. The molecule has 2 fully saturated rings. The third-order valence-electron chi connectivity index (χ3n) is 5.24. The quantitative estimate of drug-likeness (QED) is 0.923. The monoisotopic (exact) mass is 323 g/mol. The Labute approximate surface area is 141 Å². The van der Waals surface area contributed by atoms with Gasteiger partial charge in [-0.2, -0.15) is 0 Å². The molecule has 1 aromatic heterocycles. The van der Waals surface area contributed by atoms with Crippen LogP contribution in [0.4, 0.5) is 5.69 Å². The van der Waals surface area contributed by atoms with E-state index in [-0.39, 0.29) is 17.2 Å². The lowest BCUT2D eigenvalue weighted by Gasteiger charge is -2.24. The fourth-order valence-corrected chi connectivity index (χ4v) is 3.88. The summed E-state index contributed by atoms with van der Waals surface area (Å²) in [6.07, 6.45) is 4.90. The smallest absolute Gasteiger partial charge is 0.255 e. The van der Waals surface area contributed by atoms with Gasteiger partial charge in [0.1, 0.15) is 0 Å². The van der Waals surface area contributed by atoms with Crippen molar-refractivity contribution in [1.29, 1.82) is 0 Å². The number of nitrogens with zero attached hydrogens (tertiary/aromatic N) is 2. The number of anilines is 1. The number of aromatic nitrogens is 1. The highest BCUT2D eigenvalue weighted by Gasteiger charge is 2.48. The summed E-state index contributed by atoms with van der Waals surface area (Å²) in [5, 5.41) is 0. The second-order valence-electron chi connectivity index (χ2n) is 7.07. The summed E-state index contributed by atoms with van der Waals surface area (Å²) in [6, 6.07) is 9.87. The number of carbonyl (C=O) groups excluding carboxylic acids is 2. The summed E-state index contributed by atoms with van der Waals surface area (Å²) in [4.78, 5) is 31.8. The fourth-order valence-electron chi connectivity index (χ4n) is 3.88. The lowest BCUT2D eigenvalue weighted by atomic mass is 9.86. The molecule has 0 bridgehead atoms. The zero-order valence-electron chi connectivity index (χ0n) is 13.8. The first-order valence-corrected chi connectivity index (χ1v) is 8.35. The Bertz CT molecular complexity index is 766. The number of nitrogens with one attached hydrogen (secondary N) is 1. The number of carbonyl (C=O) groups is 2. The molecule has 124 valence electrons. The maximum atomic E-state index is 12.5. The SMILES string of the molecule is Cc1ccc(N2CC3(CCN(C(=O)c4cc[nH]c4)C3)CC2=O)cc1. The van der Waals surface area contributed by atoms with Crippen LogP contribution in [0.1, 0.15) is 28.8 Å². The molecule has 0 aliphatic carbocycles. The van der Waals surface area contributed by atoms with Crippen LogP contribution in [0, 0.1) is 12.3 Å². The molecule has 1 spiro atoms. The van der Waals surface area contributed by atoms with Crippen molar-refractivity contribution in [3.05, 3.63) is 53.9 Å². The number of hydrogen-bond acceptors (Lipinski definition) is 2. The molecule has 2 aliphatic rings. The number of aromatic amines is 1. The van der Waals surface area contributed by atoms with Crippen LogP contribution < -0.4 is 4.90 Å². The molecule has 0 radical (unpaired) electrons. The van der Waals surface area contributed by atoms with Crippen molar-refractivity contribution in [2.24, 2.45) is 5.41 Å². The Kier molecular flexibility index (Phi) is 3.44. The highest BCUT2D eigenvalue weighted by molar-refractivity contribution is 5.97. The molecule has 2 saturated heterocycles. The van der Waals surface area contributed by atoms with Gasteiger partial charge in [0.25, 0.3) is 5.91 Å². The van der Waals surface area contributed by atoms with E-state index in [0.29, 0.717) is 25.1 Å². The van der Waals surface area contributed by atoms with Crippen LogP contribution in [0.25, 0.3) is 0 Å². The fraction of sp³-hybridized carbons (Fsp3) is 0.368. The van der Waals surface area contributed by atoms with Crippen molar-refractivity contribution in [2.75, 3.05) is 24.5 Å². The standard InChI is InChI=1S/C19H21N3O2/c1-14-2-4-16(5-3-14)22-13-19(10-17(22)23)7-9-21(12-19)18(24)15-6-8-20-11-15/h2-6,8,11,20H,7,9-10,12-13H2,1H3. The van der Waals surface area contributed by atoms with Gasteiger partial charge in [0.15, 0.2) is 0 Å². The van der Waals surface area contributed by atoms with E-state index in [1.807, 2.05) is 41.0 Å². The molecule has 2 aliphatic heterocycles. The normalized spacial score (nSPS) is 23.5. The lowest BCUT2D eigenvalue weighted by molar-refractivity contribution is -0.117. The summed E-state index contributed by atoms with van der Waals surface area (Å²) in [5.74, 6) is 0.212. The molecule has 1 N–H and O–H groups in total. The molecule has 5 nitrogen and oxygen atoms in total. The number of amides is 2.